The molecule has 0 atom stereocenters. The van der Waals surface area contributed by atoms with E-state index in [1.165, 1.54) is 21.5 Å². The van der Waals surface area contributed by atoms with E-state index in [0.29, 0.717) is 0 Å². The molecule has 33 heavy (non-hydrogen) atoms. The summed E-state index contributed by atoms with van der Waals surface area (Å²) in [6.07, 6.45) is 0. The number of hydrogen-bond acceptors (Lipinski definition) is 1. The summed E-state index contributed by atoms with van der Waals surface area (Å²) < 4.78 is 1.07. The van der Waals surface area contributed by atoms with Crippen LogP contribution in [0.2, 0.25) is 0 Å². The van der Waals surface area contributed by atoms with E-state index in [1.807, 2.05) is 0 Å². The molecule has 0 fully saturated rings. The van der Waals surface area contributed by atoms with Crippen molar-refractivity contribution in [1.29, 1.82) is 0 Å². The van der Waals surface area contributed by atoms with Gasteiger partial charge in [-0.3, -0.25) is 0 Å². The number of nitrogens with zero attached hydrogens (tertiary/aromatic N) is 1. The Bertz CT molecular complexity index is 1540. The number of benzene rings is 5. The van der Waals surface area contributed by atoms with E-state index in [9.17, 15) is 0 Å². The van der Waals surface area contributed by atoms with Gasteiger partial charge in [-0.1, -0.05) is 101 Å². The minimum absolute atomic E-state index is 0.974. The van der Waals surface area contributed by atoms with Gasteiger partial charge in [0.2, 0.25) is 0 Å². The van der Waals surface area contributed by atoms with Crippen LogP contribution in [0.15, 0.2) is 126 Å². The van der Waals surface area contributed by atoms with Gasteiger partial charge in [0, 0.05) is 15.6 Å². The second kappa shape index (κ2) is 8.31. The molecule has 0 saturated carbocycles. The Balaban J connectivity index is 1.57. The normalized spacial score (nSPS) is 11.2. The molecule has 1 aromatic heterocycles. The quantitative estimate of drug-likeness (QED) is 0.243. The fraction of sp³-hybridized carbons (Fsp3) is 0. The number of halogens is 1. The van der Waals surface area contributed by atoms with Gasteiger partial charge in [-0.2, -0.15) is 0 Å². The first-order chi connectivity index (χ1) is 16.2. The van der Waals surface area contributed by atoms with Gasteiger partial charge in [0.15, 0.2) is 0 Å². The highest BCUT2D eigenvalue weighted by molar-refractivity contribution is 9.10. The van der Waals surface area contributed by atoms with Gasteiger partial charge in [-0.05, 0) is 69.1 Å². The van der Waals surface area contributed by atoms with Crippen LogP contribution in [0.4, 0.5) is 0 Å². The van der Waals surface area contributed by atoms with Crippen molar-refractivity contribution in [2.75, 3.05) is 0 Å². The predicted molar refractivity (Wildman–Crippen MR) is 143 cm³/mol. The molecule has 6 rings (SSSR count). The Morgan fingerprint density at radius 1 is 0.394 bits per heavy atom. The second-order valence-electron chi connectivity index (χ2n) is 8.26. The molecule has 5 aromatic carbocycles. The Morgan fingerprint density at radius 3 is 1.48 bits per heavy atom. The van der Waals surface area contributed by atoms with Gasteiger partial charge in [-0.25, -0.2) is 4.98 Å². The highest BCUT2D eigenvalue weighted by Crippen LogP contribution is 2.33. The van der Waals surface area contributed by atoms with Crippen molar-refractivity contribution in [3.8, 4) is 33.6 Å². The third kappa shape index (κ3) is 3.94. The summed E-state index contributed by atoms with van der Waals surface area (Å²) in [6.45, 7) is 0. The van der Waals surface area contributed by atoms with Gasteiger partial charge >= 0.3 is 0 Å². The van der Waals surface area contributed by atoms with E-state index in [2.05, 4.69) is 137 Å². The first-order valence-corrected chi connectivity index (χ1v) is 11.8. The van der Waals surface area contributed by atoms with Crippen molar-refractivity contribution in [2.45, 2.75) is 0 Å². The topological polar surface area (TPSA) is 12.9 Å². The van der Waals surface area contributed by atoms with Crippen LogP contribution >= 0.6 is 15.9 Å². The van der Waals surface area contributed by atoms with Gasteiger partial charge in [0.25, 0.3) is 0 Å². The molecule has 0 aliphatic carbocycles. The molecule has 0 radical (unpaired) electrons. The van der Waals surface area contributed by atoms with Crippen LogP contribution in [-0.2, 0) is 0 Å². The average Bonchev–Trinajstić information content (AvgIpc) is 2.88. The zero-order valence-electron chi connectivity index (χ0n) is 17.9. The van der Waals surface area contributed by atoms with Crippen LogP contribution in [0.3, 0.4) is 0 Å². The molecule has 0 amide bonds. The molecule has 2 heteroatoms. The Hall–Kier alpha value is -3.75. The summed E-state index contributed by atoms with van der Waals surface area (Å²) in [7, 11) is 0. The molecular weight excluding hydrogens is 466 g/mol. The van der Waals surface area contributed by atoms with E-state index in [1.54, 1.807) is 0 Å². The van der Waals surface area contributed by atoms with Crippen LogP contribution in [0.1, 0.15) is 0 Å². The lowest BCUT2D eigenvalue weighted by molar-refractivity contribution is 1.33. The summed E-state index contributed by atoms with van der Waals surface area (Å²) in [6, 6.07) is 42.9. The summed E-state index contributed by atoms with van der Waals surface area (Å²) in [5.74, 6) is 0. The molecule has 0 N–H and O–H groups in total. The van der Waals surface area contributed by atoms with Crippen molar-refractivity contribution in [3.05, 3.63) is 126 Å². The lowest BCUT2D eigenvalue weighted by atomic mass is 9.98. The van der Waals surface area contributed by atoms with Crippen molar-refractivity contribution >= 4 is 37.5 Å². The fourth-order valence-corrected chi connectivity index (χ4v) is 4.76. The Labute approximate surface area is 201 Å². The van der Waals surface area contributed by atoms with E-state index in [0.717, 1.165) is 38.1 Å². The minimum Gasteiger partial charge on any atom is -0.248 e. The van der Waals surface area contributed by atoms with E-state index < -0.39 is 0 Å². The van der Waals surface area contributed by atoms with Gasteiger partial charge in [0.05, 0.1) is 11.4 Å². The lowest BCUT2D eigenvalue weighted by Gasteiger charge is -2.12. The third-order valence-electron chi connectivity index (χ3n) is 6.07. The van der Waals surface area contributed by atoms with Gasteiger partial charge < -0.3 is 0 Å². The molecule has 0 bridgehead atoms. The van der Waals surface area contributed by atoms with Gasteiger partial charge in [-0.15, -0.1) is 0 Å². The molecule has 0 aliphatic heterocycles. The molecule has 1 nitrogen and oxygen atoms in total. The zero-order valence-corrected chi connectivity index (χ0v) is 19.5. The summed E-state index contributed by atoms with van der Waals surface area (Å²) in [4.78, 5) is 5.12. The number of aromatic nitrogens is 1. The van der Waals surface area contributed by atoms with Crippen LogP contribution in [0.25, 0.3) is 55.2 Å². The Morgan fingerprint density at radius 2 is 0.939 bits per heavy atom. The summed E-state index contributed by atoms with van der Waals surface area (Å²) in [5.41, 5.74) is 6.50. The predicted octanol–water partition coefficient (Wildman–Crippen LogP) is 9.15. The molecule has 0 saturated heterocycles. The molecule has 6 aromatic rings. The molecular formula is C31H20BrN. The van der Waals surface area contributed by atoms with Crippen LogP contribution in [0.5, 0.6) is 0 Å². The van der Waals surface area contributed by atoms with Crippen molar-refractivity contribution in [1.82, 2.24) is 4.98 Å². The minimum atomic E-state index is 0.974. The zero-order chi connectivity index (χ0) is 22.2. The standard InChI is InChI=1S/C31H20BrN/c32-29-11-5-10-25(18-29)28-19-30(26-14-12-21-6-1-3-8-23(21)16-26)33-31(20-28)27-15-13-22-7-2-4-9-24(22)17-27/h1-20H. The van der Waals surface area contributed by atoms with Crippen LogP contribution < -0.4 is 0 Å². The van der Waals surface area contributed by atoms with Crippen molar-refractivity contribution in [3.63, 3.8) is 0 Å². The molecule has 0 aliphatic rings. The monoisotopic (exact) mass is 485 g/mol. The van der Waals surface area contributed by atoms with Crippen molar-refractivity contribution < 1.29 is 0 Å². The largest absolute Gasteiger partial charge is 0.248 e. The highest BCUT2D eigenvalue weighted by Gasteiger charge is 2.10. The smallest absolute Gasteiger partial charge is 0.0715 e. The maximum absolute atomic E-state index is 5.12. The number of rotatable bonds is 3. The van der Waals surface area contributed by atoms with Gasteiger partial charge in [0.1, 0.15) is 0 Å². The highest BCUT2D eigenvalue weighted by atomic mass is 79.9. The first-order valence-electron chi connectivity index (χ1n) is 11.0. The first kappa shape index (κ1) is 19.9. The fourth-order valence-electron chi connectivity index (χ4n) is 4.36. The van der Waals surface area contributed by atoms with E-state index >= 15 is 0 Å². The molecule has 1 heterocycles. The maximum Gasteiger partial charge on any atom is 0.0715 e. The lowest BCUT2D eigenvalue weighted by Crippen LogP contribution is -1.92. The average molecular weight is 486 g/mol. The van der Waals surface area contributed by atoms with Crippen LogP contribution in [-0.4, -0.2) is 4.98 Å². The maximum atomic E-state index is 5.12. The van der Waals surface area contributed by atoms with Crippen LogP contribution in [0, 0.1) is 0 Å². The third-order valence-corrected chi connectivity index (χ3v) is 6.57. The van der Waals surface area contributed by atoms with E-state index in [4.69, 9.17) is 4.98 Å². The molecule has 156 valence electrons. The Kier molecular flexibility index (Phi) is 5.01. The number of fused-ring (bicyclic) bond motifs is 2. The van der Waals surface area contributed by atoms with Crippen molar-refractivity contribution in [2.24, 2.45) is 0 Å². The molecule has 0 unspecified atom stereocenters. The number of hydrogen-bond donors (Lipinski definition) is 0. The SMILES string of the molecule is Brc1cccc(-c2cc(-c3ccc4ccccc4c3)nc(-c3ccc4ccccc4c3)c2)c1. The molecule has 0 spiro atoms. The summed E-state index contributed by atoms with van der Waals surface area (Å²) in [5, 5.41) is 4.91. The number of pyridine rings is 1. The summed E-state index contributed by atoms with van der Waals surface area (Å²) >= 11 is 3.62. The van der Waals surface area contributed by atoms with E-state index in [-0.39, 0.29) is 0 Å². The second-order valence-corrected chi connectivity index (χ2v) is 9.18.